The van der Waals surface area contributed by atoms with E-state index in [4.69, 9.17) is 5.41 Å². The molecule has 0 atom stereocenters. The van der Waals surface area contributed by atoms with E-state index in [1.54, 1.807) is 11.4 Å². The van der Waals surface area contributed by atoms with Gasteiger partial charge in [-0.15, -0.1) is 0 Å². The maximum atomic E-state index is 13.5. The van der Waals surface area contributed by atoms with Gasteiger partial charge in [0.1, 0.15) is 5.82 Å². The Bertz CT molecular complexity index is 522. The molecule has 1 heterocycles. The van der Waals surface area contributed by atoms with Gasteiger partial charge >= 0.3 is 0 Å². The third-order valence-corrected chi connectivity index (χ3v) is 3.65. The Kier molecular flexibility index (Phi) is 3.43. The van der Waals surface area contributed by atoms with E-state index in [1.165, 1.54) is 28.6 Å². The Morgan fingerprint density at radius 1 is 1.28 bits per heavy atom. The maximum absolute atomic E-state index is 13.5. The van der Waals surface area contributed by atoms with Crippen LogP contribution < -0.4 is 0 Å². The van der Waals surface area contributed by atoms with E-state index in [2.05, 4.69) is 6.58 Å². The first-order valence-corrected chi connectivity index (χ1v) is 6.19. The van der Waals surface area contributed by atoms with E-state index in [9.17, 15) is 4.39 Å². The van der Waals surface area contributed by atoms with Gasteiger partial charge in [0.25, 0.3) is 0 Å². The molecule has 0 saturated carbocycles. The summed E-state index contributed by atoms with van der Waals surface area (Å²) in [5.41, 5.74) is 1.18. The number of benzene rings is 1. The molecule has 0 spiro atoms. The normalized spacial score (nSPS) is 16.1. The lowest BCUT2D eigenvalue weighted by Gasteiger charge is -2.33. The molecule has 0 amide bonds. The molecule has 0 aliphatic carbocycles. The third kappa shape index (κ3) is 2.41. The average molecular weight is 263 g/mol. The van der Waals surface area contributed by atoms with Crippen LogP contribution in [0.3, 0.4) is 0 Å². The summed E-state index contributed by atoms with van der Waals surface area (Å²) in [6, 6.07) is 7.94. The van der Waals surface area contributed by atoms with Crippen molar-refractivity contribution in [1.29, 1.82) is 5.41 Å². The van der Waals surface area contributed by atoms with Crippen LogP contribution in [0, 0.1) is 12.3 Å². The molecule has 0 unspecified atom stereocenters. The van der Waals surface area contributed by atoms with Crippen LogP contribution in [-0.4, -0.2) is 22.1 Å². The van der Waals surface area contributed by atoms with Gasteiger partial charge < -0.3 is 4.90 Å². The number of hydrogen-bond donors (Lipinski definition) is 1. The SMILES string of the molecule is C=C1N(Sc2ccc(C)cc2)C=C(F)C(=N)N1C. The molecule has 1 N–H and O–H groups in total. The van der Waals surface area contributed by atoms with Crippen LogP contribution in [-0.2, 0) is 0 Å². The number of aryl methyl sites for hydroxylation is 1. The second-order valence-electron chi connectivity index (χ2n) is 4.03. The lowest BCUT2D eigenvalue weighted by Crippen LogP contribution is -2.35. The van der Waals surface area contributed by atoms with Gasteiger partial charge in [0.15, 0.2) is 11.7 Å². The number of rotatable bonds is 2. The number of hydrogen-bond acceptors (Lipinski definition) is 3. The molecule has 1 aromatic carbocycles. The molecule has 1 aromatic rings. The van der Waals surface area contributed by atoms with Crippen LogP contribution in [0.4, 0.5) is 4.39 Å². The second-order valence-corrected chi connectivity index (χ2v) is 5.08. The minimum absolute atomic E-state index is 0.166. The number of likely N-dealkylation sites (N-methyl/N-ethyl adjacent to an activating group) is 1. The number of nitrogens with zero attached hydrogens (tertiary/aromatic N) is 2. The predicted octanol–water partition coefficient (Wildman–Crippen LogP) is 3.51. The fraction of sp³-hybridized carbons (Fsp3) is 0.154. The summed E-state index contributed by atoms with van der Waals surface area (Å²) in [6.45, 7) is 5.87. The van der Waals surface area contributed by atoms with Crippen LogP contribution in [0.5, 0.6) is 0 Å². The first-order chi connectivity index (χ1) is 8.49. The summed E-state index contributed by atoms with van der Waals surface area (Å²) in [4.78, 5) is 2.41. The van der Waals surface area contributed by atoms with E-state index in [0.717, 1.165) is 4.90 Å². The Balaban J connectivity index is 2.21. The Hall–Kier alpha value is -1.75. The summed E-state index contributed by atoms with van der Waals surface area (Å²) in [6.07, 6.45) is 1.29. The predicted molar refractivity (Wildman–Crippen MR) is 72.7 cm³/mol. The minimum Gasteiger partial charge on any atom is -0.313 e. The Morgan fingerprint density at radius 2 is 1.89 bits per heavy atom. The van der Waals surface area contributed by atoms with Crippen LogP contribution in [0.15, 0.2) is 53.6 Å². The first kappa shape index (κ1) is 12.7. The highest BCUT2D eigenvalue weighted by Gasteiger charge is 2.24. The molecule has 0 radical (unpaired) electrons. The molecule has 0 saturated heterocycles. The summed E-state index contributed by atoms with van der Waals surface area (Å²) in [5, 5.41) is 7.51. The average Bonchev–Trinajstić information content (AvgIpc) is 2.36. The molecule has 18 heavy (non-hydrogen) atoms. The van der Waals surface area contributed by atoms with Crippen molar-refractivity contribution in [3.8, 4) is 0 Å². The number of nitrogens with one attached hydrogen (secondary N) is 1. The zero-order chi connectivity index (χ0) is 13.3. The smallest absolute Gasteiger partial charge is 0.182 e. The lowest BCUT2D eigenvalue weighted by molar-refractivity contribution is 0.458. The maximum Gasteiger partial charge on any atom is 0.182 e. The van der Waals surface area contributed by atoms with Crippen molar-refractivity contribution in [2.45, 2.75) is 11.8 Å². The molecular weight excluding hydrogens is 249 g/mol. The zero-order valence-corrected chi connectivity index (χ0v) is 11.1. The first-order valence-electron chi connectivity index (χ1n) is 5.42. The van der Waals surface area contributed by atoms with Gasteiger partial charge in [-0.25, -0.2) is 4.39 Å². The summed E-state index contributed by atoms with van der Waals surface area (Å²) < 4.78 is 15.1. The molecule has 0 fully saturated rings. The van der Waals surface area contributed by atoms with Crippen LogP contribution in [0.25, 0.3) is 0 Å². The largest absolute Gasteiger partial charge is 0.313 e. The van der Waals surface area contributed by atoms with E-state index in [0.29, 0.717) is 5.82 Å². The number of halogens is 1. The highest BCUT2D eigenvalue weighted by molar-refractivity contribution is 7.97. The van der Waals surface area contributed by atoms with Gasteiger partial charge in [0, 0.05) is 11.9 Å². The molecule has 0 aromatic heterocycles. The third-order valence-electron chi connectivity index (χ3n) is 2.66. The van der Waals surface area contributed by atoms with Crippen LogP contribution in [0.2, 0.25) is 0 Å². The van der Waals surface area contributed by atoms with Gasteiger partial charge in [0.05, 0.1) is 6.20 Å². The molecule has 5 heteroatoms. The number of amidine groups is 1. The van der Waals surface area contributed by atoms with Crippen molar-refractivity contribution in [3.05, 3.63) is 54.3 Å². The van der Waals surface area contributed by atoms with Gasteiger partial charge in [-0.05, 0) is 31.0 Å². The highest BCUT2D eigenvalue weighted by Crippen LogP contribution is 2.31. The van der Waals surface area contributed by atoms with Crippen molar-refractivity contribution >= 4 is 17.8 Å². The van der Waals surface area contributed by atoms with Crippen molar-refractivity contribution in [1.82, 2.24) is 9.21 Å². The van der Waals surface area contributed by atoms with E-state index in [1.807, 2.05) is 31.2 Å². The highest BCUT2D eigenvalue weighted by atomic mass is 32.2. The molecule has 1 aliphatic heterocycles. The van der Waals surface area contributed by atoms with Crippen molar-refractivity contribution in [3.63, 3.8) is 0 Å². The van der Waals surface area contributed by atoms with E-state index in [-0.39, 0.29) is 5.84 Å². The Morgan fingerprint density at radius 3 is 2.50 bits per heavy atom. The van der Waals surface area contributed by atoms with E-state index >= 15 is 0 Å². The molecule has 0 bridgehead atoms. The van der Waals surface area contributed by atoms with E-state index < -0.39 is 5.83 Å². The minimum atomic E-state index is -0.565. The summed E-state index contributed by atoms with van der Waals surface area (Å²) >= 11 is 1.37. The van der Waals surface area contributed by atoms with Gasteiger partial charge in [-0.1, -0.05) is 24.3 Å². The van der Waals surface area contributed by atoms with Crippen molar-refractivity contribution < 1.29 is 4.39 Å². The lowest BCUT2D eigenvalue weighted by atomic mass is 10.2. The fourth-order valence-electron chi connectivity index (χ4n) is 1.47. The standard InChI is InChI=1S/C13H14FN3S/c1-9-4-6-11(7-5-9)18-17-8-12(14)13(15)16(3)10(17)2/h4-8,15H,2H2,1,3H3. The molecular formula is C13H14FN3S. The van der Waals surface area contributed by atoms with Gasteiger partial charge in [-0.2, -0.15) is 0 Å². The fourth-order valence-corrected chi connectivity index (χ4v) is 2.33. The zero-order valence-electron chi connectivity index (χ0n) is 10.3. The topological polar surface area (TPSA) is 30.3 Å². The van der Waals surface area contributed by atoms with Crippen molar-refractivity contribution in [2.75, 3.05) is 7.05 Å². The summed E-state index contributed by atoms with van der Waals surface area (Å²) in [7, 11) is 1.62. The van der Waals surface area contributed by atoms with Crippen molar-refractivity contribution in [2.24, 2.45) is 0 Å². The molecule has 3 nitrogen and oxygen atoms in total. The summed E-state index contributed by atoms with van der Waals surface area (Å²) in [5.74, 6) is -0.169. The molecule has 1 aliphatic rings. The van der Waals surface area contributed by atoms with Gasteiger partial charge in [0.2, 0.25) is 0 Å². The van der Waals surface area contributed by atoms with Crippen LogP contribution in [0.1, 0.15) is 5.56 Å². The second kappa shape index (κ2) is 4.86. The molecule has 94 valence electrons. The monoisotopic (exact) mass is 263 g/mol. The molecule has 2 rings (SSSR count). The van der Waals surface area contributed by atoms with Crippen LogP contribution >= 0.6 is 11.9 Å². The Labute approximate surface area is 110 Å². The quantitative estimate of drug-likeness (QED) is 0.828. The van der Waals surface area contributed by atoms with Gasteiger partial charge in [-0.3, -0.25) is 9.71 Å².